The molecule has 29 heavy (non-hydrogen) atoms. The van der Waals surface area contributed by atoms with Crippen LogP contribution in [0, 0.1) is 0 Å². The molecule has 3 rings (SSSR count). The van der Waals surface area contributed by atoms with Gasteiger partial charge < -0.3 is 9.64 Å². The van der Waals surface area contributed by atoms with E-state index in [0.717, 1.165) is 23.1 Å². The Morgan fingerprint density at radius 1 is 1.28 bits per heavy atom. The molecule has 1 saturated heterocycles. The molecule has 1 fully saturated rings. The van der Waals surface area contributed by atoms with Gasteiger partial charge in [0.05, 0.1) is 24.6 Å². The zero-order valence-electron chi connectivity index (χ0n) is 16.7. The molecule has 1 amide bonds. The summed E-state index contributed by atoms with van der Waals surface area (Å²) in [6.45, 7) is 2.58. The summed E-state index contributed by atoms with van der Waals surface area (Å²) in [5, 5.41) is 0. The topological polar surface area (TPSA) is 88.6 Å². The molecule has 2 aromatic rings. The molecule has 8 heteroatoms. The third kappa shape index (κ3) is 5.77. The van der Waals surface area contributed by atoms with E-state index in [1.54, 1.807) is 18.0 Å². The number of hydrogen-bond acceptors (Lipinski definition) is 5. The fourth-order valence-electron chi connectivity index (χ4n) is 3.76. The van der Waals surface area contributed by atoms with Gasteiger partial charge in [0.1, 0.15) is 0 Å². The maximum absolute atomic E-state index is 12.5. The summed E-state index contributed by atoms with van der Waals surface area (Å²) in [5.74, 6) is 0. The van der Waals surface area contributed by atoms with Gasteiger partial charge in [0.25, 0.3) is 0 Å². The first-order valence-electron chi connectivity index (χ1n) is 9.78. The number of aromatic nitrogens is 1. The smallest absolute Gasteiger partial charge is 0.410 e. The van der Waals surface area contributed by atoms with E-state index in [2.05, 4.69) is 9.71 Å². The highest BCUT2D eigenvalue weighted by Crippen LogP contribution is 2.25. The van der Waals surface area contributed by atoms with Crippen LogP contribution in [0.15, 0.2) is 48.7 Å². The van der Waals surface area contributed by atoms with Crippen LogP contribution in [0.5, 0.6) is 0 Å². The van der Waals surface area contributed by atoms with E-state index < -0.39 is 16.1 Å². The number of likely N-dealkylation sites (tertiary alicyclic amines) is 1. The van der Waals surface area contributed by atoms with Gasteiger partial charge in [-0.1, -0.05) is 30.3 Å². The van der Waals surface area contributed by atoms with E-state index >= 15 is 0 Å². The van der Waals surface area contributed by atoms with Gasteiger partial charge in [-0.05, 0) is 43.9 Å². The van der Waals surface area contributed by atoms with E-state index in [1.807, 2.05) is 42.5 Å². The van der Waals surface area contributed by atoms with Crippen LogP contribution in [0.1, 0.15) is 25.3 Å². The highest BCUT2D eigenvalue weighted by Gasteiger charge is 2.36. The summed E-state index contributed by atoms with van der Waals surface area (Å²) in [7, 11) is -3.40. The fraction of sp³-hybridized carbons (Fsp3) is 0.429. The van der Waals surface area contributed by atoms with Gasteiger partial charge in [-0.3, -0.25) is 4.98 Å². The van der Waals surface area contributed by atoms with Crippen LogP contribution in [0.4, 0.5) is 4.79 Å². The van der Waals surface area contributed by atoms with Crippen molar-refractivity contribution in [2.24, 2.45) is 0 Å². The van der Waals surface area contributed by atoms with Gasteiger partial charge >= 0.3 is 6.09 Å². The van der Waals surface area contributed by atoms with Crippen LogP contribution < -0.4 is 4.72 Å². The van der Waals surface area contributed by atoms with E-state index in [-0.39, 0.29) is 18.7 Å². The van der Waals surface area contributed by atoms with E-state index in [1.165, 1.54) is 0 Å². The number of ether oxygens (including phenoxy) is 1. The lowest BCUT2D eigenvalue weighted by molar-refractivity contribution is 0.0678. The second-order valence-corrected chi connectivity index (χ2v) is 9.00. The van der Waals surface area contributed by atoms with Gasteiger partial charge in [0.15, 0.2) is 0 Å². The van der Waals surface area contributed by atoms with Crippen LogP contribution >= 0.6 is 0 Å². The van der Waals surface area contributed by atoms with E-state index in [0.29, 0.717) is 25.8 Å². The van der Waals surface area contributed by atoms with Crippen molar-refractivity contribution in [1.29, 1.82) is 0 Å². The predicted molar refractivity (Wildman–Crippen MR) is 112 cm³/mol. The van der Waals surface area contributed by atoms with Crippen molar-refractivity contribution in [3.05, 3.63) is 54.2 Å². The van der Waals surface area contributed by atoms with Crippen LogP contribution in [0.2, 0.25) is 0 Å². The Labute approximate surface area is 172 Å². The number of sulfonamides is 1. The first kappa shape index (κ1) is 21.3. The summed E-state index contributed by atoms with van der Waals surface area (Å²) in [4.78, 5) is 18.6. The number of pyridine rings is 1. The summed E-state index contributed by atoms with van der Waals surface area (Å²) in [5.41, 5.74) is 2.83. The summed E-state index contributed by atoms with van der Waals surface area (Å²) < 4.78 is 31.7. The molecular formula is C21H27N3O4S. The van der Waals surface area contributed by atoms with Crippen molar-refractivity contribution in [3.63, 3.8) is 0 Å². The van der Waals surface area contributed by atoms with Crippen molar-refractivity contribution in [2.45, 2.75) is 38.3 Å². The Bertz CT molecular complexity index is 934. The second-order valence-electron chi connectivity index (χ2n) is 7.22. The minimum Gasteiger partial charge on any atom is -0.450 e. The van der Waals surface area contributed by atoms with Crippen molar-refractivity contribution >= 4 is 16.1 Å². The molecule has 2 heterocycles. The number of carbonyl (C=O) groups excluding carboxylic acids is 1. The first-order chi connectivity index (χ1) is 13.9. The predicted octanol–water partition coefficient (Wildman–Crippen LogP) is 2.83. The Balaban J connectivity index is 1.89. The average molecular weight is 418 g/mol. The number of piperidine rings is 1. The molecule has 1 aromatic heterocycles. The highest BCUT2D eigenvalue weighted by molar-refractivity contribution is 7.88. The maximum Gasteiger partial charge on any atom is 0.410 e. The minimum absolute atomic E-state index is 0.277. The summed E-state index contributed by atoms with van der Waals surface area (Å²) >= 11 is 0. The molecule has 0 bridgehead atoms. The Kier molecular flexibility index (Phi) is 6.87. The van der Waals surface area contributed by atoms with Gasteiger partial charge in [-0.25, -0.2) is 17.9 Å². The normalized spacial score (nSPS) is 19.7. The Morgan fingerprint density at radius 3 is 2.72 bits per heavy atom. The lowest BCUT2D eigenvalue weighted by atomic mass is 9.91. The number of carbonyl (C=O) groups is 1. The maximum atomic E-state index is 12.5. The van der Waals surface area contributed by atoms with Gasteiger partial charge in [-0.15, -0.1) is 0 Å². The van der Waals surface area contributed by atoms with E-state index in [9.17, 15) is 13.2 Å². The molecule has 0 saturated carbocycles. The third-order valence-corrected chi connectivity index (χ3v) is 5.72. The zero-order chi connectivity index (χ0) is 20.9. The summed E-state index contributed by atoms with van der Waals surface area (Å²) in [6, 6.07) is 13.1. The number of nitrogens with one attached hydrogen (secondary N) is 1. The van der Waals surface area contributed by atoms with Gasteiger partial charge in [-0.2, -0.15) is 0 Å². The second kappa shape index (κ2) is 9.37. The molecule has 1 aliphatic rings. The van der Waals surface area contributed by atoms with Crippen molar-refractivity contribution in [3.8, 4) is 11.3 Å². The molecule has 1 aliphatic heterocycles. The molecule has 0 radical (unpaired) electrons. The lowest BCUT2D eigenvalue weighted by Gasteiger charge is -2.40. The molecule has 1 N–H and O–H groups in total. The van der Waals surface area contributed by atoms with Gasteiger partial charge in [0.2, 0.25) is 10.0 Å². The molecule has 0 spiro atoms. The number of rotatable bonds is 6. The van der Waals surface area contributed by atoms with Crippen LogP contribution in [0.25, 0.3) is 11.3 Å². The monoisotopic (exact) mass is 417 g/mol. The molecule has 0 aliphatic carbocycles. The van der Waals surface area contributed by atoms with Crippen molar-refractivity contribution in [2.75, 3.05) is 19.4 Å². The molecule has 7 nitrogen and oxygen atoms in total. The number of hydrogen-bond donors (Lipinski definition) is 1. The fourth-order valence-corrected chi connectivity index (χ4v) is 4.59. The van der Waals surface area contributed by atoms with Crippen LogP contribution in [0.3, 0.4) is 0 Å². The van der Waals surface area contributed by atoms with Crippen LogP contribution in [-0.4, -0.2) is 55.9 Å². The Morgan fingerprint density at radius 2 is 2.03 bits per heavy atom. The molecule has 156 valence electrons. The number of nitrogens with zero attached hydrogens (tertiary/aromatic N) is 2. The third-order valence-electron chi connectivity index (χ3n) is 4.99. The Hall–Kier alpha value is -2.45. The molecule has 2 atom stereocenters. The molecule has 1 aromatic carbocycles. The van der Waals surface area contributed by atoms with Crippen LogP contribution in [-0.2, 0) is 21.2 Å². The highest BCUT2D eigenvalue weighted by atomic mass is 32.2. The minimum atomic E-state index is -3.40. The number of benzene rings is 1. The SMILES string of the molecule is CCOC(=O)N1CCC[C@H](NS(C)(=O)=O)[C@@H]1Cc1ccnc(-c2ccccc2)c1. The van der Waals surface area contributed by atoms with Gasteiger partial charge in [0, 0.05) is 24.3 Å². The average Bonchev–Trinajstić information content (AvgIpc) is 2.69. The summed E-state index contributed by atoms with van der Waals surface area (Å²) in [6.07, 6.45) is 4.38. The largest absolute Gasteiger partial charge is 0.450 e. The lowest BCUT2D eigenvalue weighted by Crippen LogP contribution is -2.57. The van der Waals surface area contributed by atoms with Crippen molar-refractivity contribution < 1.29 is 17.9 Å². The van der Waals surface area contributed by atoms with E-state index in [4.69, 9.17) is 4.74 Å². The van der Waals surface area contributed by atoms with Crippen molar-refractivity contribution in [1.82, 2.24) is 14.6 Å². The first-order valence-corrected chi connectivity index (χ1v) is 11.7. The molecular weight excluding hydrogens is 390 g/mol. The molecule has 0 unspecified atom stereocenters. The zero-order valence-corrected chi connectivity index (χ0v) is 17.6. The quantitative estimate of drug-likeness (QED) is 0.781. The standard InChI is InChI=1S/C21H27N3O4S/c1-3-28-21(25)24-13-7-10-18(23-29(2,26)27)20(24)15-16-11-12-22-19(14-16)17-8-5-4-6-9-17/h4-6,8-9,11-12,14,18,20,23H,3,7,10,13,15H2,1-2H3/t18-,20-/m0/s1. The number of amides is 1.